The standard InChI is InChI=1S/C21H26ClNO/c1-2-3-14-4-5-19(22)18(9-14)20(24)23-13-21-10-15-6-16(11-21)8-17(7-15)12-21/h2,4-5,9,15-17H,1,3,6-8,10-13H2,(H,23,24). The van der Waals surface area contributed by atoms with Gasteiger partial charge in [-0.1, -0.05) is 23.7 Å². The third-order valence-electron chi connectivity index (χ3n) is 6.44. The second kappa shape index (κ2) is 6.22. The molecule has 0 aromatic heterocycles. The summed E-state index contributed by atoms with van der Waals surface area (Å²) in [5, 5.41) is 3.75. The van der Waals surface area contributed by atoms with Gasteiger partial charge in [0.15, 0.2) is 0 Å². The molecule has 4 aliphatic carbocycles. The first-order chi connectivity index (χ1) is 11.6. The van der Waals surface area contributed by atoms with E-state index in [4.69, 9.17) is 11.6 Å². The molecule has 0 saturated heterocycles. The number of amides is 1. The van der Waals surface area contributed by atoms with Gasteiger partial charge >= 0.3 is 0 Å². The Kier molecular flexibility index (Phi) is 4.20. The first-order valence-electron chi connectivity index (χ1n) is 9.24. The molecule has 0 aliphatic heterocycles. The lowest BCUT2D eigenvalue weighted by atomic mass is 9.49. The topological polar surface area (TPSA) is 29.1 Å². The van der Waals surface area contributed by atoms with E-state index in [9.17, 15) is 4.79 Å². The van der Waals surface area contributed by atoms with Crippen LogP contribution in [0.2, 0.25) is 5.02 Å². The van der Waals surface area contributed by atoms with Crippen LogP contribution in [0.1, 0.15) is 54.4 Å². The van der Waals surface area contributed by atoms with Gasteiger partial charge < -0.3 is 5.32 Å². The third kappa shape index (κ3) is 3.01. The molecular weight excluding hydrogens is 318 g/mol. The largest absolute Gasteiger partial charge is 0.351 e. The molecule has 4 fully saturated rings. The van der Waals surface area contributed by atoms with Crippen molar-refractivity contribution in [2.45, 2.75) is 44.9 Å². The van der Waals surface area contributed by atoms with E-state index in [1.807, 2.05) is 24.3 Å². The molecule has 3 heteroatoms. The predicted molar refractivity (Wildman–Crippen MR) is 98.3 cm³/mol. The van der Waals surface area contributed by atoms with Gasteiger partial charge in [0.2, 0.25) is 0 Å². The number of hydrogen-bond donors (Lipinski definition) is 1. The zero-order valence-corrected chi connectivity index (χ0v) is 14.9. The minimum Gasteiger partial charge on any atom is -0.351 e. The van der Waals surface area contributed by atoms with Crippen molar-refractivity contribution in [3.63, 3.8) is 0 Å². The summed E-state index contributed by atoms with van der Waals surface area (Å²) < 4.78 is 0. The molecule has 1 aromatic rings. The lowest BCUT2D eigenvalue weighted by molar-refractivity contribution is -0.0503. The number of benzene rings is 1. The first kappa shape index (κ1) is 16.2. The lowest BCUT2D eigenvalue weighted by Gasteiger charge is -2.56. The Balaban J connectivity index is 1.45. The monoisotopic (exact) mass is 343 g/mol. The summed E-state index contributed by atoms with van der Waals surface area (Å²) in [5.41, 5.74) is 2.03. The molecule has 1 N–H and O–H groups in total. The highest BCUT2D eigenvalue weighted by molar-refractivity contribution is 6.33. The molecule has 0 radical (unpaired) electrons. The smallest absolute Gasteiger partial charge is 0.252 e. The Bertz CT molecular complexity index is 631. The highest BCUT2D eigenvalue weighted by Gasteiger charge is 2.50. The van der Waals surface area contributed by atoms with Crippen LogP contribution >= 0.6 is 11.6 Å². The summed E-state index contributed by atoms with van der Waals surface area (Å²) in [5.74, 6) is 2.70. The van der Waals surface area contributed by atoms with Crippen LogP contribution in [0.25, 0.3) is 0 Å². The normalized spacial score (nSPS) is 33.5. The molecule has 24 heavy (non-hydrogen) atoms. The van der Waals surface area contributed by atoms with Gasteiger partial charge in [0.25, 0.3) is 5.91 Å². The van der Waals surface area contributed by atoms with E-state index in [1.54, 1.807) is 0 Å². The average molecular weight is 344 g/mol. The fraction of sp³-hybridized carbons (Fsp3) is 0.571. The maximum atomic E-state index is 12.7. The van der Waals surface area contributed by atoms with Crippen LogP contribution in [-0.4, -0.2) is 12.5 Å². The molecule has 5 rings (SSSR count). The van der Waals surface area contributed by atoms with Gasteiger partial charge in [0.1, 0.15) is 0 Å². The highest BCUT2D eigenvalue weighted by atomic mass is 35.5. The van der Waals surface area contributed by atoms with Gasteiger partial charge in [-0.15, -0.1) is 6.58 Å². The highest BCUT2D eigenvalue weighted by Crippen LogP contribution is 2.59. The van der Waals surface area contributed by atoms with Crippen molar-refractivity contribution < 1.29 is 4.79 Å². The SMILES string of the molecule is C=CCc1ccc(Cl)c(C(=O)NCC23CC4CC(CC(C4)C2)C3)c1. The number of rotatable bonds is 5. The van der Waals surface area contributed by atoms with Crippen molar-refractivity contribution in [1.29, 1.82) is 0 Å². The van der Waals surface area contributed by atoms with Crippen LogP contribution in [0.3, 0.4) is 0 Å². The molecule has 1 amide bonds. The number of allylic oxidation sites excluding steroid dienone is 1. The zero-order valence-electron chi connectivity index (χ0n) is 14.2. The Labute approximate surface area is 149 Å². The Morgan fingerprint density at radius 1 is 1.21 bits per heavy atom. The van der Waals surface area contributed by atoms with Crippen LogP contribution in [0.5, 0.6) is 0 Å². The van der Waals surface area contributed by atoms with E-state index in [1.165, 1.54) is 38.5 Å². The van der Waals surface area contributed by atoms with Gasteiger partial charge in [0.05, 0.1) is 10.6 Å². The minimum absolute atomic E-state index is 0.0262. The van der Waals surface area contributed by atoms with E-state index in [0.29, 0.717) is 16.0 Å². The number of carbonyl (C=O) groups is 1. The Hall–Kier alpha value is -1.28. The van der Waals surface area contributed by atoms with Gasteiger partial charge in [-0.05, 0) is 85.8 Å². The second-order valence-electron chi connectivity index (χ2n) is 8.41. The van der Waals surface area contributed by atoms with Gasteiger partial charge in [-0.3, -0.25) is 4.79 Å². The molecule has 4 bridgehead atoms. The van der Waals surface area contributed by atoms with E-state index in [0.717, 1.165) is 36.3 Å². The quantitative estimate of drug-likeness (QED) is 0.748. The average Bonchev–Trinajstić information content (AvgIpc) is 2.53. The number of carbonyl (C=O) groups excluding carboxylic acids is 1. The summed E-state index contributed by atoms with van der Waals surface area (Å²) in [6, 6.07) is 5.68. The van der Waals surface area contributed by atoms with Crippen molar-refractivity contribution in [3.05, 3.63) is 47.0 Å². The van der Waals surface area contributed by atoms with E-state index in [2.05, 4.69) is 11.9 Å². The molecule has 0 atom stereocenters. The fourth-order valence-electron chi connectivity index (χ4n) is 5.91. The van der Waals surface area contributed by atoms with Crippen molar-refractivity contribution >= 4 is 17.5 Å². The van der Waals surface area contributed by atoms with Crippen molar-refractivity contribution in [1.82, 2.24) is 5.32 Å². The molecule has 2 nitrogen and oxygen atoms in total. The fourth-order valence-corrected chi connectivity index (χ4v) is 6.11. The van der Waals surface area contributed by atoms with Gasteiger partial charge in [-0.2, -0.15) is 0 Å². The Morgan fingerprint density at radius 2 is 1.83 bits per heavy atom. The summed E-state index contributed by atoms with van der Waals surface area (Å²) in [6.45, 7) is 4.58. The molecule has 0 spiro atoms. The molecule has 0 unspecified atom stereocenters. The molecule has 0 heterocycles. The van der Waals surface area contributed by atoms with E-state index >= 15 is 0 Å². The zero-order chi connectivity index (χ0) is 16.7. The van der Waals surface area contributed by atoms with Crippen molar-refractivity contribution in [2.75, 3.05) is 6.54 Å². The second-order valence-corrected chi connectivity index (χ2v) is 8.81. The minimum atomic E-state index is -0.0262. The molecule has 4 saturated carbocycles. The van der Waals surface area contributed by atoms with Crippen LogP contribution < -0.4 is 5.32 Å². The van der Waals surface area contributed by atoms with Crippen LogP contribution in [0, 0.1) is 23.2 Å². The van der Waals surface area contributed by atoms with Crippen LogP contribution in [0.15, 0.2) is 30.9 Å². The first-order valence-corrected chi connectivity index (χ1v) is 9.62. The number of halogens is 1. The molecule has 1 aromatic carbocycles. The molecule has 4 aliphatic rings. The third-order valence-corrected chi connectivity index (χ3v) is 6.77. The maximum absolute atomic E-state index is 12.7. The van der Waals surface area contributed by atoms with Gasteiger partial charge in [-0.25, -0.2) is 0 Å². The maximum Gasteiger partial charge on any atom is 0.252 e. The predicted octanol–water partition coefficient (Wildman–Crippen LogP) is 5.01. The van der Waals surface area contributed by atoms with Crippen LogP contribution in [0.4, 0.5) is 0 Å². The van der Waals surface area contributed by atoms with E-state index < -0.39 is 0 Å². The molecular formula is C21H26ClNO. The van der Waals surface area contributed by atoms with Crippen molar-refractivity contribution in [3.8, 4) is 0 Å². The van der Waals surface area contributed by atoms with E-state index in [-0.39, 0.29) is 5.91 Å². The Morgan fingerprint density at radius 3 is 2.42 bits per heavy atom. The van der Waals surface area contributed by atoms with Crippen LogP contribution in [-0.2, 0) is 6.42 Å². The summed E-state index contributed by atoms with van der Waals surface area (Å²) in [7, 11) is 0. The number of nitrogens with one attached hydrogen (secondary N) is 1. The summed E-state index contributed by atoms with van der Waals surface area (Å²) in [6.07, 6.45) is 10.8. The van der Waals surface area contributed by atoms with Gasteiger partial charge in [0, 0.05) is 6.54 Å². The summed E-state index contributed by atoms with van der Waals surface area (Å²) >= 11 is 6.26. The lowest BCUT2D eigenvalue weighted by Crippen LogP contribution is -2.51. The number of hydrogen-bond acceptors (Lipinski definition) is 1. The summed E-state index contributed by atoms with van der Waals surface area (Å²) in [4.78, 5) is 12.7. The van der Waals surface area contributed by atoms with Crippen molar-refractivity contribution in [2.24, 2.45) is 23.2 Å². The molecule has 128 valence electrons.